The van der Waals surface area contributed by atoms with Crippen molar-refractivity contribution < 1.29 is 26.3 Å². The Kier molecular flexibility index (Phi) is 5.60. The van der Waals surface area contributed by atoms with Crippen LogP contribution >= 0.6 is 0 Å². The van der Waals surface area contributed by atoms with Crippen molar-refractivity contribution in [1.82, 2.24) is 9.21 Å². The van der Waals surface area contributed by atoms with E-state index in [4.69, 9.17) is 0 Å². The van der Waals surface area contributed by atoms with Gasteiger partial charge in [-0.05, 0) is 38.4 Å². The maximum absolute atomic E-state index is 12.2. The smallest absolute Gasteiger partial charge is 0.406 e. The van der Waals surface area contributed by atoms with Crippen LogP contribution in [0.4, 0.5) is 13.2 Å². The van der Waals surface area contributed by atoms with Crippen molar-refractivity contribution in [3.8, 4) is 5.75 Å². The molecule has 0 heterocycles. The topological polar surface area (TPSA) is 49.9 Å². The van der Waals surface area contributed by atoms with Crippen molar-refractivity contribution in [2.24, 2.45) is 0 Å². The number of nitrogens with zero attached hydrogens (tertiary/aromatic N) is 2. The summed E-state index contributed by atoms with van der Waals surface area (Å²) in [5.41, 5.74) is 0. The molecule has 0 saturated heterocycles. The molecule has 1 aromatic rings. The third-order valence-corrected chi connectivity index (χ3v) is 4.50. The fourth-order valence-corrected chi connectivity index (χ4v) is 2.62. The van der Waals surface area contributed by atoms with Crippen LogP contribution < -0.4 is 4.74 Å². The summed E-state index contributed by atoms with van der Waals surface area (Å²) in [6.45, 7) is 0.807. The van der Waals surface area contributed by atoms with Crippen LogP contribution in [0.15, 0.2) is 29.2 Å². The first kappa shape index (κ1) is 17.7. The first-order valence-corrected chi connectivity index (χ1v) is 7.43. The minimum atomic E-state index is -4.80. The van der Waals surface area contributed by atoms with Gasteiger partial charge in [0, 0.05) is 20.1 Å². The largest absolute Gasteiger partial charge is 0.573 e. The average Bonchev–Trinajstić information content (AvgIpc) is 2.34. The zero-order valence-electron chi connectivity index (χ0n) is 11.9. The fraction of sp³-hybridized carbons (Fsp3) is 0.500. The van der Waals surface area contributed by atoms with E-state index >= 15 is 0 Å². The summed E-state index contributed by atoms with van der Waals surface area (Å²) < 4.78 is 65.3. The standard InChI is InChI=1S/C12H17F3N2O3S/c1-16(2)8-9-17(3)21(18,19)11-6-4-10(5-7-11)20-12(13,14)15/h4-7H,8-9H2,1-3H3. The number of hydrogen-bond acceptors (Lipinski definition) is 4. The Labute approximate surface area is 122 Å². The van der Waals surface area contributed by atoms with Crippen LogP contribution in [0.1, 0.15) is 0 Å². The maximum Gasteiger partial charge on any atom is 0.573 e. The predicted molar refractivity (Wildman–Crippen MR) is 71.5 cm³/mol. The highest BCUT2D eigenvalue weighted by Gasteiger charge is 2.31. The highest BCUT2D eigenvalue weighted by atomic mass is 32.2. The second-order valence-corrected chi connectivity index (χ2v) is 6.69. The van der Waals surface area contributed by atoms with Crippen molar-refractivity contribution >= 4 is 10.0 Å². The van der Waals surface area contributed by atoms with E-state index in [1.165, 1.54) is 7.05 Å². The van der Waals surface area contributed by atoms with Gasteiger partial charge in [0.25, 0.3) is 0 Å². The lowest BCUT2D eigenvalue weighted by Crippen LogP contribution is -2.33. The molecule has 1 rings (SSSR count). The van der Waals surface area contributed by atoms with Crippen LogP contribution in [0.2, 0.25) is 0 Å². The molecule has 0 amide bonds. The molecule has 0 atom stereocenters. The van der Waals surface area contributed by atoms with Gasteiger partial charge in [-0.25, -0.2) is 8.42 Å². The van der Waals surface area contributed by atoms with Crippen molar-refractivity contribution in [3.63, 3.8) is 0 Å². The number of halogens is 3. The Balaban J connectivity index is 2.84. The molecule has 120 valence electrons. The summed E-state index contributed by atoms with van der Waals surface area (Å²) in [4.78, 5) is 1.74. The molecule has 0 unspecified atom stereocenters. The minimum absolute atomic E-state index is 0.0849. The first-order chi connectivity index (χ1) is 9.52. The van der Waals surface area contributed by atoms with Crippen LogP contribution in [0.5, 0.6) is 5.75 Å². The third kappa shape index (κ3) is 5.52. The van der Waals surface area contributed by atoms with E-state index < -0.39 is 22.1 Å². The third-order valence-electron chi connectivity index (χ3n) is 2.63. The quantitative estimate of drug-likeness (QED) is 0.799. The van der Waals surface area contributed by atoms with E-state index in [0.717, 1.165) is 28.6 Å². The normalized spacial score (nSPS) is 13.0. The molecule has 0 spiro atoms. The molecule has 0 aliphatic heterocycles. The average molecular weight is 326 g/mol. The van der Waals surface area contributed by atoms with E-state index in [1.807, 2.05) is 19.0 Å². The molecule has 9 heteroatoms. The summed E-state index contributed by atoms with van der Waals surface area (Å²) in [5, 5.41) is 0. The van der Waals surface area contributed by atoms with Gasteiger partial charge in [0.2, 0.25) is 10.0 Å². The van der Waals surface area contributed by atoms with Gasteiger partial charge in [-0.1, -0.05) is 0 Å². The molecular formula is C12H17F3N2O3S. The molecule has 0 fully saturated rings. The molecule has 0 aliphatic carbocycles. The van der Waals surface area contributed by atoms with E-state index in [2.05, 4.69) is 4.74 Å². The Bertz CT molecular complexity index is 556. The fourth-order valence-electron chi connectivity index (χ4n) is 1.45. The van der Waals surface area contributed by atoms with Gasteiger partial charge in [-0.3, -0.25) is 0 Å². The molecule has 0 aliphatic rings. The van der Waals surface area contributed by atoms with Crippen LogP contribution in [-0.2, 0) is 10.0 Å². The number of ether oxygens (including phenoxy) is 1. The molecule has 0 radical (unpaired) electrons. The Morgan fingerprint density at radius 3 is 2.00 bits per heavy atom. The molecule has 0 N–H and O–H groups in total. The molecule has 0 saturated carbocycles. The SMILES string of the molecule is CN(C)CCN(C)S(=O)(=O)c1ccc(OC(F)(F)F)cc1. The highest BCUT2D eigenvalue weighted by Crippen LogP contribution is 2.24. The van der Waals surface area contributed by atoms with E-state index in [0.29, 0.717) is 6.54 Å². The van der Waals surface area contributed by atoms with E-state index in [9.17, 15) is 21.6 Å². The second kappa shape index (κ2) is 6.63. The lowest BCUT2D eigenvalue weighted by Gasteiger charge is -2.19. The number of likely N-dealkylation sites (N-methyl/N-ethyl adjacent to an activating group) is 2. The highest BCUT2D eigenvalue weighted by molar-refractivity contribution is 7.89. The van der Waals surface area contributed by atoms with Gasteiger partial charge in [0.05, 0.1) is 4.90 Å². The zero-order valence-corrected chi connectivity index (χ0v) is 12.7. The van der Waals surface area contributed by atoms with Gasteiger partial charge in [-0.2, -0.15) is 4.31 Å². The van der Waals surface area contributed by atoms with Crippen molar-refractivity contribution in [2.75, 3.05) is 34.2 Å². The van der Waals surface area contributed by atoms with Gasteiger partial charge < -0.3 is 9.64 Å². The predicted octanol–water partition coefficient (Wildman–Crippen LogP) is 1.77. The summed E-state index contributed by atoms with van der Waals surface area (Å²) >= 11 is 0. The number of rotatable bonds is 6. The lowest BCUT2D eigenvalue weighted by molar-refractivity contribution is -0.274. The molecule has 1 aromatic carbocycles. The Hall–Kier alpha value is -1.32. The van der Waals surface area contributed by atoms with Crippen LogP contribution in [0.25, 0.3) is 0 Å². The monoisotopic (exact) mass is 326 g/mol. The first-order valence-electron chi connectivity index (χ1n) is 5.99. The molecule has 5 nitrogen and oxygen atoms in total. The van der Waals surface area contributed by atoms with Gasteiger partial charge >= 0.3 is 6.36 Å². The van der Waals surface area contributed by atoms with Crippen molar-refractivity contribution in [2.45, 2.75) is 11.3 Å². The zero-order chi connectivity index (χ0) is 16.3. The molecule has 0 bridgehead atoms. The van der Waals surface area contributed by atoms with Gasteiger partial charge in [0.15, 0.2) is 0 Å². The van der Waals surface area contributed by atoms with E-state index in [-0.39, 0.29) is 11.4 Å². The Morgan fingerprint density at radius 1 is 1.05 bits per heavy atom. The Morgan fingerprint density at radius 2 is 1.57 bits per heavy atom. The summed E-state index contributed by atoms with van der Waals surface area (Å²) in [6, 6.07) is 4.12. The van der Waals surface area contributed by atoms with Crippen molar-refractivity contribution in [1.29, 1.82) is 0 Å². The maximum atomic E-state index is 12.2. The number of benzene rings is 1. The number of hydrogen-bond donors (Lipinski definition) is 0. The molecule has 21 heavy (non-hydrogen) atoms. The lowest BCUT2D eigenvalue weighted by atomic mass is 10.3. The van der Waals surface area contributed by atoms with Gasteiger partial charge in [-0.15, -0.1) is 13.2 Å². The van der Waals surface area contributed by atoms with Crippen LogP contribution in [0, 0.1) is 0 Å². The molecular weight excluding hydrogens is 309 g/mol. The minimum Gasteiger partial charge on any atom is -0.406 e. The van der Waals surface area contributed by atoms with E-state index in [1.54, 1.807) is 0 Å². The number of alkyl halides is 3. The van der Waals surface area contributed by atoms with Crippen LogP contribution in [0.3, 0.4) is 0 Å². The summed E-state index contributed by atoms with van der Waals surface area (Å²) in [6.07, 6.45) is -4.80. The summed E-state index contributed by atoms with van der Waals surface area (Å²) in [7, 11) is 1.31. The van der Waals surface area contributed by atoms with Crippen LogP contribution in [-0.4, -0.2) is 58.2 Å². The van der Waals surface area contributed by atoms with Crippen molar-refractivity contribution in [3.05, 3.63) is 24.3 Å². The summed E-state index contributed by atoms with van der Waals surface area (Å²) in [5.74, 6) is -0.461. The second-order valence-electron chi connectivity index (χ2n) is 4.65. The number of sulfonamides is 1. The molecule has 0 aromatic heterocycles. The van der Waals surface area contributed by atoms with Gasteiger partial charge in [0.1, 0.15) is 5.75 Å².